The minimum Gasteiger partial charge on any atom is -0.660 e. The van der Waals surface area contributed by atoms with Crippen LogP contribution in [0.1, 0.15) is 25.8 Å². The van der Waals surface area contributed by atoms with Crippen LogP contribution in [0.5, 0.6) is 5.88 Å². The van der Waals surface area contributed by atoms with Gasteiger partial charge in [0.25, 0.3) is 0 Å². The Morgan fingerprint density at radius 3 is 2.63 bits per heavy atom. The fourth-order valence-corrected chi connectivity index (χ4v) is 2.76. The van der Waals surface area contributed by atoms with Gasteiger partial charge in [-0.25, -0.2) is 4.98 Å². The number of aromatic nitrogens is 1. The quantitative estimate of drug-likeness (QED) is 0.680. The normalized spacial score (nSPS) is 25.6. The van der Waals surface area contributed by atoms with Crippen molar-refractivity contribution in [2.24, 2.45) is 0 Å². The number of piperazine rings is 1. The third-order valence-corrected chi connectivity index (χ3v) is 3.68. The van der Waals surface area contributed by atoms with Crippen LogP contribution in [0.15, 0.2) is 18.3 Å². The molecule has 1 aromatic rings. The van der Waals surface area contributed by atoms with Crippen LogP contribution in [0.3, 0.4) is 0 Å². The van der Waals surface area contributed by atoms with Crippen LogP contribution in [0.2, 0.25) is 0 Å². The van der Waals surface area contributed by atoms with Crippen molar-refractivity contribution >= 4 is 0 Å². The summed E-state index contributed by atoms with van der Waals surface area (Å²) < 4.78 is 5.55. The molecule has 19 heavy (non-hydrogen) atoms. The molecule has 4 nitrogen and oxygen atoms in total. The molecule has 2 aliphatic heterocycles. The standard InChI is InChI=1S/C14H20N3O.K/c1-10(2)18-14-4-3-11(6-16-14)9-17-12-5-13(17)8-15-7-12;/h3-4,6,10,12-13H,5,7-9H2,1-2H3;/q-1;+1. The largest absolute Gasteiger partial charge is 1.00 e. The van der Waals surface area contributed by atoms with E-state index in [2.05, 4.69) is 21.3 Å². The van der Waals surface area contributed by atoms with Crippen molar-refractivity contribution in [2.75, 3.05) is 13.1 Å². The van der Waals surface area contributed by atoms with E-state index in [4.69, 9.17) is 4.74 Å². The summed E-state index contributed by atoms with van der Waals surface area (Å²) in [6.07, 6.45) is 3.44. The van der Waals surface area contributed by atoms with Crippen LogP contribution in [0.4, 0.5) is 0 Å². The Kier molecular flexibility index (Phi) is 5.84. The molecule has 0 aromatic carbocycles. The molecule has 2 saturated heterocycles. The predicted octanol–water partition coefficient (Wildman–Crippen LogP) is -0.797. The van der Waals surface area contributed by atoms with Gasteiger partial charge in [0.15, 0.2) is 0 Å². The van der Waals surface area contributed by atoms with Gasteiger partial charge in [-0.1, -0.05) is 6.07 Å². The molecule has 3 rings (SSSR count). The van der Waals surface area contributed by atoms with Crippen molar-refractivity contribution in [3.8, 4) is 5.88 Å². The number of ether oxygens (including phenoxy) is 1. The zero-order chi connectivity index (χ0) is 12.5. The maximum atomic E-state index is 5.55. The summed E-state index contributed by atoms with van der Waals surface area (Å²) in [6.45, 7) is 7.05. The minimum atomic E-state index is 0. The number of hydrogen-bond donors (Lipinski definition) is 0. The Hall–Kier alpha value is 0.506. The van der Waals surface area contributed by atoms with Crippen LogP contribution in [-0.2, 0) is 6.54 Å². The van der Waals surface area contributed by atoms with Crippen molar-refractivity contribution in [1.29, 1.82) is 0 Å². The first-order valence-electron chi connectivity index (χ1n) is 6.73. The molecule has 2 aliphatic rings. The maximum absolute atomic E-state index is 5.55. The molecule has 5 heteroatoms. The smallest absolute Gasteiger partial charge is 0.660 e. The Bertz CT molecular complexity index is 396. The molecule has 0 spiro atoms. The average Bonchev–Trinajstić information content (AvgIpc) is 2.38. The summed E-state index contributed by atoms with van der Waals surface area (Å²) in [5, 5.41) is 4.47. The van der Waals surface area contributed by atoms with Gasteiger partial charge in [-0.05, 0) is 37.9 Å². The van der Waals surface area contributed by atoms with Gasteiger partial charge in [0.1, 0.15) is 0 Å². The molecular formula is C14H20KN3O. The van der Waals surface area contributed by atoms with Crippen LogP contribution >= 0.6 is 0 Å². The molecule has 2 atom stereocenters. The number of fused-ring (bicyclic) bond motifs is 2. The Morgan fingerprint density at radius 1 is 1.37 bits per heavy atom. The number of nitrogens with zero attached hydrogens (tertiary/aromatic N) is 3. The molecule has 2 bridgehead atoms. The van der Waals surface area contributed by atoms with Crippen molar-refractivity contribution in [3.05, 3.63) is 29.2 Å². The first-order valence-corrected chi connectivity index (χ1v) is 6.73. The van der Waals surface area contributed by atoms with E-state index in [1.807, 2.05) is 26.1 Å². The summed E-state index contributed by atoms with van der Waals surface area (Å²) in [4.78, 5) is 6.90. The zero-order valence-corrected chi connectivity index (χ0v) is 15.2. The van der Waals surface area contributed by atoms with Crippen molar-refractivity contribution < 1.29 is 56.1 Å². The van der Waals surface area contributed by atoms with Crippen molar-refractivity contribution in [3.63, 3.8) is 0 Å². The average molecular weight is 285 g/mol. The van der Waals surface area contributed by atoms with Crippen molar-refractivity contribution in [2.45, 2.75) is 45.0 Å². The second kappa shape index (κ2) is 6.98. The summed E-state index contributed by atoms with van der Waals surface area (Å²) in [5.74, 6) is 0.715. The third-order valence-electron chi connectivity index (χ3n) is 3.68. The number of pyridine rings is 1. The van der Waals surface area contributed by atoms with Crippen LogP contribution in [-0.4, -0.2) is 41.2 Å². The Labute approximate surface area is 157 Å². The summed E-state index contributed by atoms with van der Waals surface area (Å²) in [5.41, 5.74) is 1.27. The summed E-state index contributed by atoms with van der Waals surface area (Å²) in [7, 11) is 0. The molecule has 3 heterocycles. The van der Waals surface area contributed by atoms with E-state index < -0.39 is 0 Å². The molecule has 2 unspecified atom stereocenters. The van der Waals surface area contributed by atoms with Gasteiger partial charge in [-0.2, -0.15) is 0 Å². The van der Waals surface area contributed by atoms with Gasteiger partial charge in [-0.15, -0.1) is 13.1 Å². The fourth-order valence-electron chi connectivity index (χ4n) is 2.76. The Balaban J connectivity index is 0.00000133. The number of rotatable bonds is 4. The first kappa shape index (κ1) is 15.9. The van der Waals surface area contributed by atoms with E-state index in [0.29, 0.717) is 18.0 Å². The molecule has 2 fully saturated rings. The van der Waals surface area contributed by atoms with Gasteiger partial charge in [0.2, 0.25) is 5.88 Å². The molecule has 0 saturated carbocycles. The maximum Gasteiger partial charge on any atom is 1.00 e. The molecule has 98 valence electrons. The third kappa shape index (κ3) is 3.78. The summed E-state index contributed by atoms with van der Waals surface area (Å²) >= 11 is 0. The van der Waals surface area contributed by atoms with Crippen LogP contribution in [0, 0.1) is 0 Å². The van der Waals surface area contributed by atoms with E-state index >= 15 is 0 Å². The second-order valence-electron chi connectivity index (χ2n) is 5.48. The van der Waals surface area contributed by atoms with Gasteiger partial charge >= 0.3 is 51.4 Å². The minimum absolute atomic E-state index is 0. The molecule has 0 radical (unpaired) electrons. The first-order chi connectivity index (χ1) is 8.72. The summed E-state index contributed by atoms with van der Waals surface area (Å²) in [6, 6.07) is 5.44. The molecule has 0 N–H and O–H groups in total. The van der Waals surface area contributed by atoms with Gasteiger partial charge < -0.3 is 10.1 Å². The zero-order valence-electron chi connectivity index (χ0n) is 12.0. The predicted molar refractivity (Wildman–Crippen MR) is 70.8 cm³/mol. The SMILES string of the molecule is CC(C)Oc1ccc(CN2C3C[N-]CC2C3)cn1.[K+]. The monoisotopic (exact) mass is 285 g/mol. The fraction of sp³-hybridized carbons (Fsp3) is 0.643. The van der Waals surface area contributed by atoms with Gasteiger partial charge in [0.05, 0.1) is 6.10 Å². The Morgan fingerprint density at radius 2 is 2.11 bits per heavy atom. The van der Waals surface area contributed by atoms with Gasteiger partial charge in [0, 0.05) is 18.8 Å². The molecule has 0 aliphatic carbocycles. The molecule has 0 amide bonds. The van der Waals surface area contributed by atoms with E-state index in [9.17, 15) is 0 Å². The van der Waals surface area contributed by atoms with Crippen molar-refractivity contribution in [1.82, 2.24) is 9.88 Å². The second-order valence-corrected chi connectivity index (χ2v) is 5.48. The number of hydrogen-bond acceptors (Lipinski definition) is 3. The van der Waals surface area contributed by atoms with Gasteiger partial charge in [-0.3, -0.25) is 4.90 Å². The number of piperidine rings is 1. The topological polar surface area (TPSA) is 39.5 Å². The van der Waals surface area contributed by atoms with E-state index in [1.165, 1.54) is 12.0 Å². The van der Waals surface area contributed by atoms with E-state index in [0.717, 1.165) is 19.6 Å². The van der Waals surface area contributed by atoms with Crippen LogP contribution in [0.25, 0.3) is 5.32 Å². The van der Waals surface area contributed by atoms with E-state index in [-0.39, 0.29) is 57.5 Å². The van der Waals surface area contributed by atoms with E-state index in [1.54, 1.807) is 0 Å². The molecule has 1 aromatic heterocycles. The molecular weight excluding hydrogens is 265 g/mol. The van der Waals surface area contributed by atoms with Crippen LogP contribution < -0.4 is 56.1 Å².